The number of benzene rings is 2. The number of hydrogen-bond donors (Lipinski definition) is 0. The molecule has 0 radical (unpaired) electrons. The van der Waals surface area contributed by atoms with E-state index in [-0.39, 0.29) is 12.4 Å². The second kappa shape index (κ2) is 7.26. The zero-order valence-electron chi connectivity index (χ0n) is 18.0. The first-order chi connectivity index (χ1) is 16.0. The quantitative estimate of drug-likeness (QED) is 0.454. The third kappa shape index (κ3) is 2.87. The smallest absolute Gasteiger partial charge is 0.331 e. The third-order valence-corrected chi connectivity index (χ3v) is 6.62. The summed E-state index contributed by atoms with van der Waals surface area (Å²) in [4.78, 5) is 26.3. The van der Waals surface area contributed by atoms with Crippen LogP contribution in [0.5, 0.6) is 11.5 Å². The monoisotopic (exact) mass is 465 g/mol. The molecule has 9 heteroatoms. The molecule has 0 saturated heterocycles. The molecule has 0 saturated carbocycles. The summed E-state index contributed by atoms with van der Waals surface area (Å²) in [6.07, 6.45) is -0.491. The van der Waals surface area contributed by atoms with Crippen molar-refractivity contribution in [2.24, 2.45) is 14.1 Å². The first kappa shape index (κ1) is 20.1. The normalized spacial score (nSPS) is 16.9. The minimum absolute atomic E-state index is 0.175. The van der Waals surface area contributed by atoms with Gasteiger partial charge in [0.1, 0.15) is 6.10 Å². The second-order valence-corrected chi connectivity index (χ2v) is 8.62. The van der Waals surface area contributed by atoms with Crippen LogP contribution >= 0.6 is 11.6 Å². The van der Waals surface area contributed by atoms with Gasteiger partial charge in [-0.1, -0.05) is 29.8 Å². The van der Waals surface area contributed by atoms with E-state index in [0.29, 0.717) is 40.6 Å². The summed E-state index contributed by atoms with van der Waals surface area (Å²) >= 11 is 6.13. The van der Waals surface area contributed by atoms with Crippen molar-refractivity contribution in [3.05, 3.63) is 79.6 Å². The number of fused-ring (bicyclic) bond motifs is 4. The molecule has 0 spiro atoms. The molecule has 0 N–H and O–H groups in total. The van der Waals surface area contributed by atoms with Crippen LogP contribution in [0.2, 0.25) is 5.02 Å². The average Bonchev–Trinajstić information content (AvgIpc) is 3.44. The van der Waals surface area contributed by atoms with Crippen molar-refractivity contribution < 1.29 is 14.2 Å². The number of aryl methyl sites for hydroxylation is 1. The standard InChI is InChI=1S/C24H20ClN3O5/c1-26-20-18(23(29)27(2)24(26)30)19(13-3-6-15(25)7-4-13)28-9-10-31-22(21(20)28)14-5-8-16-17(11-14)33-12-32-16/h3-8,11,22H,9-10,12H2,1-2H3/t22-/m1/s1. The maximum Gasteiger partial charge on any atom is 0.331 e. The molecule has 2 aliphatic heterocycles. The zero-order chi connectivity index (χ0) is 22.9. The zero-order valence-corrected chi connectivity index (χ0v) is 18.8. The van der Waals surface area contributed by atoms with Crippen molar-refractivity contribution in [2.45, 2.75) is 12.6 Å². The van der Waals surface area contributed by atoms with E-state index in [9.17, 15) is 9.59 Å². The van der Waals surface area contributed by atoms with Gasteiger partial charge in [-0.3, -0.25) is 13.9 Å². The van der Waals surface area contributed by atoms with E-state index < -0.39 is 11.8 Å². The Morgan fingerprint density at radius 1 is 0.970 bits per heavy atom. The Morgan fingerprint density at radius 3 is 2.52 bits per heavy atom. The Bertz CT molecular complexity index is 1550. The van der Waals surface area contributed by atoms with Gasteiger partial charge in [-0.25, -0.2) is 4.79 Å². The molecule has 33 heavy (non-hydrogen) atoms. The lowest BCUT2D eigenvalue weighted by Gasteiger charge is -2.28. The average molecular weight is 466 g/mol. The number of rotatable bonds is 2. The van der Waals surface area contributed by atoms with Gasteiger partial charge in [0.2, 0.25) is 6.79 Å². The fraction of sp³-hybridized carbons (Fsp3) is 0.250. The van der Waals surface area contributed by atoms with Crippen molar-refractivity contribution in [1.29, 1.82) is 0 Å². The number of halogens is 1. The molecule has 1 atom stereocenters. The van der Waals surface area contributed by atoms with Crippen LogP contribution < -0.4 is 20.7 Å². The van der Waals surface area contributed by atoms with Crippen molar-refractivity contribution in [2.75, 3.05) is 13.4 Å². The summed E-state index contributed by atoms with van der Waals surface area (Å²) in [5.41, 5.74) is 3.05. The van der Waals surface area contributed by atoms with Gasteiger partial charge in [-0.05, 0) is 35.4 Å². The highest BCUT2D eigenvalue weighted by Gasteiger charge is 2.33. The largest absolute Gasteiger partial charge is 0.454 e. The van der Waals surface area contributed by atoms with Crippen LogP contribution in [0.1, 0.15) is 17.4 Å². The molecule has 0 aliphatic carbocycles. The van der Waals surface area contributed by atoms with Crippen molar-refractivity contribution >= 4 is 22.5 Å². The second-order valence-electron chi connectivity index (χ2n) is 8.19. The molecule has 4 aromatic rings. The molecule has 4 heterocycles. The van der Waals surface area contributed by atoms with Gasteiger partial charge in [0.15, 0.2) is 11.5 Å². The van der Waals surface area contributed by atoms with Crippen LogP contribution in [0.25, 0.3) is 22.2 Å². The van der Waals surface area contributed by atoms with Gasteiger partial charge in [-0.15, -0.1) is 0 Å². The first-order valence-electron chi connectivity index (χ1n) is 10.5. The van der Waals surface area contributed by atoms with Crippen LogP contribution in [0.4, 0.5) is 0 Å². The molecular formula is C24H20ClN3O5. The van der Waals surface area contributed by atoms with Gasteiger partial charge in [0, 0.05) is 25.7 Å². The Labute approximate surface area is 193 Å². The van der Waals surface area contributed by atoms with E-state index in [1.165, 1.54) is 11.6 Å². The van der Waals surface area contributed by atoms with Gasteiger partial charge in [0.05, 0.1) is 28.9 Å². The Hall–Kier alpha value is -3.49. The third-order valence-electron chi connectivity index (χ3n) is 6.37. The Kier molecular flexibility index (Phi) is 4.43. The van der Waals surface area contributed by atoms with Crippen LogP contribution in [0, 0.1) is 0 Å². The molecule has 8 nitrogen and oxygen atoms in total. The fourth-order valence-electron chi connectivity index (χ4n) is 4.82. The Morgan fingerprint density at radius 2 is 1.73 bits per heavy atom. The molecule has 2 aromatic heterocycles. The van der Waals surface area contributed by atoms with Gasteiger partial charge < -0.3 is 18.8 Å². The summed E-state index contributed by atoms with van der Waals surface area (Å²) in [7, 11) is 3.18. The fourth-order valence-corrected chi connectivity index (χ4v) is 4.94. The van der Waals surface area contributed by atoms with Gasteiger partial charge >= 0.3 is 5.69 Å². The molecule has 0 amide bonds. The summed E-state index contributed by atoms with van der Waals surface area (Å²) in [5, 5.41) is 1.09. The molecule has 6 rings (SSSR count). The Balaban J connectivity index is 1.71. The van der Waals surface area contributed by atoms with Crippen molar-refractivity contribution in [3.63, 3.8) is 0 Å². The minimum atomic E-state index is -0.491. The summed E-state index contributed by atoms with van der Waals surface area (Å²) in [5.74, 6) is 1.32. The molecule has 168 valence electrons. The number of hydrogen-bond acceptors (Lipinski definition) is 5. The SMILES string of the molecule is Cn1c(=O)c2c(-c3ccc(Cl)cc3)n3c(c2n(C)c1=O)[C@@H](c1ccc2c(c1)OCO2)OCC3. The summed E-state index contributed by atoms with van der Waals surface area (Å²) in [6.45, 7) is 1.16. The molecule has 0 bridgehead atoms. The van der Waals surface area contributed by atoms with E-state index in [1.54, 1.807) is 19.2 Å². The number of ether oxygens (including phenoxy) is 3. The molecule has 0 unspecified atom stereocenters. The van der Waals surface area contributed by atoms with Crippen LogP contribution in [0.3, 0.4) is 0 Å². The molecular weight excluding hydrogens is 446 g/mol. The molecule has 2 aliphatic rings. The highest BCUT2D eigenvalue weighted by Crippen LogP contribution is 2.43. The highest BCUT2D eigenvalue weighted by atomic mass is 35.5. The van der Waals surface area contributed by atoms with Gasteiger partial charge in [0.25, 0.3) is 5.56 Å². The van der Waals surface area contributed by atoms with Gasteiger partial charge in [-0.2, -0.15) is 0 Å². The maximum atomic E-state index is 13.4. The predicted molar refractivity (Wildman–Crippen MR) is 123 cm³/mol. The van der Waals surface area contributed by atoms with E-state index >= 15 is 0 Å². The van der Waals surface area contributed by atoms with Crippen LogP contribution in [0.15, 0.2) is 52.1 Å². The molecule has 2 aromatic carbocycles. The van der Waals surface area contributed by atoms with Crippen molar-refractivity contribution in [1.82, 2.24) is 13.7 Å². The maximum absolute atomic E-state index is 13.4. The lowest BCUT2D eigenvalue weighted by molar-refractivity contribution is 0.0477. The van der Waals surface area contributed by atoms with E-state index in [0.717, 1.165) is 27.1 Å². The lowest BCUT2D eigenvalue weighted by Crippen LogP contribution is -2.37. The number of nitrogens with zero attached hydrogens (tertiary/aromatic N) is 3. The van der Waals surface area contributed by atoms with Crippen LogP contribution in [-0.2, 0) is 25.4 Å². The lowest BCUT2D eigenvalue weighted by atomic mass is 10.0. The highest BCUT2D eigenvalue weighted by molar-refractivity contribution is 6.30. The summed E-state index contributed by atoms with van der Waals surface area (Å²) in [6, 6.07) is 13.0. The summed E-state index contributed by atoms with van der Waals surface area (Å²) < 4.78 is 22.0. The molecule has 0 fully saturated rings. The van der Waals surface area contributed by atoms with E-state index in [4.69, 9.17) is 25.8 Å². The van der Waals surface area contributed by atoms with E-state index in [1.807, 2.05) is 30.3 Å². The van der Waals surface area contributed by atoms with E-state index in [2.05, 4.69) is 4.57 Å². The van der Waals surface area contributed by atoms with Crippen molar-refractivity contribution in [3.8, 4) is 22.8 Å². The minimum Gasteiger partial charge on any atom is -0.454 e. The first-order valence-corrected chi connectivity index (χ1v) is 10.9. The van der Waals surface area contributed by atoms with Crippen LogP contribution in [-0.4, -0.2) is 27.1 Å². The topological polar surface area (TPSA) is 76.6 Å². The number of aromatic nitrogens is 3. The predicted octanol–water partition coefficient (Wildman–Crippen LogP) is 3.21.